The van der Waals surface area contributed by atoms with Gasteiger partial charge in [-0.15, -0.1) is 5.46 Å². The van der Waals surface area contributed by atoms with Crippen molar-refractivity contribution in [2.45, 2.75) is 26.3 Å². The number of rotatable bonds is 6. The molecule has 1 saturated heterocycles. The SMILES string of the molecule is Cc1c(CN2CCN(C(=O)OCC3c4ccccc4-c4ccccc43)CC2)cc([B-](F)(F)F)c(C)c1N=[N+]=[N-].[K+]. The first kappa shape index (κ1) is 30.6. The van der Waals surface area contributed by atoms with Gasteiger partial charge in [-0.1, -0.05) is 65.3 Å². The van der Waals surface area contributed by atoms with Crippen LogP contribution in [-0.4, -0.2) is 55.7 Å². The third-order valence-electron chi connectivity index (χ3n) is 7.81. The molecule has 1 fully saturated rings. The van der Waals surface area contributed by atoms with Gasteiger partial charge < -0.3 is 22.6 Å². The Hall–Kier alpha value is -2.31. The standard InChI is InChI=1S/C28H28BF3N5O2.K/c1-18-20(15-26(29(30,31)32)19(2)27(18)34-35-33)16-36-11-13-37(14-12-36)28(38)39-17-25-23-9-5-3-7-21(23)22-8-4-6-10-24(22)25;/h3-10,15,25H,11-14,16-17H2,1-2H3;/q-1;+1. The molecule has 12 heteroatoms. The first-order chi connectivity index (χ1) is 18.7. The molecule has 0 unspecified atom stereocenters. The normalized spacial score (nSPS) is 15.1. The number of nitrogens with zero attached hydrogens (tertiary/aromatic N) is 5. The first-order valence-electron chi connectivity index (χ1n) is 12.9. The molecule has 7 nitrogen and oxygen atoms in total. The van der Waals surface area contributed by atoms with Crippen LogP contribution in [0, 0.1) is 13.8 Å². The van der Waals surface area contributed by atoms with Crippen molar-refractivity contribution >= 4 is 24.2 Å². The van der Waals surface area contributed by atoms with Crippen molar-refractivity contribution in [3.05, 3.63) is 92.9 Å². The van der Waals surface area contributed by atoms with Gasteiger partial charge in [-0.25, -0.2) is 4.79 Å². The van der Waals surface area contributed by atoms with Crippen LogP contribution in [0.15, 0.2) is 59.7 Å². The van der Waals surface area contributed by atoms with E-state index in [4.69, 9.17) is 10.3 Å². The van der Waals surface area contributed by atoms with E-state index in [0.717, 1.165) is 22.3 Å². The number of carbonyl (C=O) groups is 1. The van der Waals surface area contributed by atoms with Crippen LogP contribution in [0.2, 0.25) is 0 Å². The predicted octanol–water partition coefficient (Wildman–Crippen LogP) is 3.37. The second-order valence-electron chi connectivity index (χ2n) is 10.1. The summed E-state index contributed by atoms with van der Waals surface area (Å²) in [6.07, 6.45) is -0.393. The molecule has 0 radical (unpaired) electrons. The van der Waals surface area contributed by atoms with Crippen molar-refractivity contribution in [2.75, 3.05) is 32.8 Å². The number of halogens is 3. The molecule has 0 aromatic heterocycles. The topological polar surface area (TPSA) is 81.5 Å². The Morgan fingerprint density at radius 1 is 1.00 bits per heavy atom. The van der Waals surface area contributed by atoms with Crippen molar-refractivity contribution in [2.24, 2.45) is 5.11 Å². The van der Waals surface area contributed by atoms with Crippen LogP contribution in [0.1, 0.15) is 33.7 Å². The quantitative estimate of drug-likeness (QED) is 0.196. The van der Waals surface area contributed by atoms with Crippen molar-refractivity contribution in [1.82, 2.24) is 9.80 Å². The Morgan fingerprint density at radius 3 is 2.12 bits per heavy atom. The summed E-state index contributed by atoms with van der Waals surface area (Å²) in [5.74, 6) is -0.0261. The second kappa shape index (κ2) is 12.7. The summed E-state index contributed by atoms with van der Waals surface area (Å²) < 4.78 is 46.9. The van der Waals surface area contributed by atoms with E-state index in [1.165, 1.54) is 13.0 Å². The monoisotopic (exact) mass is 573 g/mol. The van der Waals surface area contributed by atoms with E-state index in [0.29, 0.717) is 37.3 Å². The summed E-state index contributed by atoms with van der Waals surface area (Å²) in [4.78, 5) is 19.3. The molecule has 40 heavy (non-hydrogen) atoms. The minimum absolute atomic E-state index is 0. The molecule has 2 aliphatic rings. The molecular weight excluding hydrogens is 545 g/mol. The molecule has 0 atom stereocenters. The number of benzene rings is 3. The van der Waals surface area contributed by atoms with Gasteiger partial charge in [0.25, 0.3) is 0 Å². The smallest absolute Gasteiger partial charge is 0.448 e. The molecule has 0 spiro atoms. The summed E-state index contributed by atoms with van der Waals surface area (Å²) in [5.41, 5.74) is 13.7. The minimum atomic E-state index is -5.26. The van der Waals surface area contributed by atoms with Crippen molar-refractivity contribution in [3.63, 3.8) is 0 Å². The Bertz CT molecular complexity index is 1430. The second-order valence-corrected chi connectivity index (χ2v) is 10.1. The van der Waals surface area contributed by atoms with Crippen molar-refractivity contribution < 1.29 is 73.9 Å². The molecule has 1 heterocycles. The predicted molar refractivity (Wildman–Crippen MR) is 145 cm³/mol. The maximum Gasteiger partial charge on any atom is 1.00 e. The molecule has 0 bridgehead atoms. The van der Waals surface area contributed by atoms with E-state index in [1.807, 2.05) is 29.2 Å². The Kier molecular flexibility index (Phi) is 9.72. The van der Waals surface area contributed by atoms with Gasteiger partial charge in [0.1, 0.15) is 6.61 Å². The summed E-state index contributed by atoms with van der Waals surface area (Å²) in [5, 5.41) is 3.55. The molecule has 1 amide bonds. The van der Waals surface area contributed by atoms with Crippen LogP contribution in [0.3, 0.4) is 0 Å². The van der Waals surface area contributed by atoms with Gasteiger partial charge in [-0.3, -0.25) is 4.90 Å². The van der Waals surface area contributed by atoms with Gasteiger partial charge >= 0.3 is 64.5 Å². The average Bonchev–Trinajstić information content (AvgIpc) is 3.24. The Labute approximate surface area is 273 Å². The molecule has 202 valence electrons. The molecule has 5 rings (SSSR count). The van der Waals surface area contributed by atoms with Crippen LogP contribution < -0.4 is 56.8 Å². The first-order valence-corrected chi connectivity index (χ1v) is 12.9. The molecule has 1 aliphatic carbocycles. The molecule has 0 N–H and O–H groups in total. The third kappa shape index (κ3) is 6.13. The van der Waals surface area contributed by atoms with Gasteiger partial charge in [-0.05, 0) is 52.8 Å². The van der Waals surface area contributed by atoms with E-state index in [9.17, 15) is 17.7 Å². The van der Waals surface area contributed by atoms with E-state index in [1.54, 1.807) is 11.8 Å². The fourth-order valence-electron chi connectivity index (χ4n) is 5.69. The minimum Gasteiger partial charge on any atom is -0.448 e. The number of piperazine rings is 1. The largest absolute Gasteiger partial charge is 1.00 e. The zero-order chi connectivity index (χ0) is 27.7. The number of hydrogen-bond acceptors (Lipinski definition) is 4. The van der Waals surface area contributed by atoms with Gasteiger partial charge in [0.2, 0.25) is 0 Å². The van der Waals surface area contributed by atoms with Crippen LogP contribution in [0.5, 0.6) is 0 Å². The zero-order valence-corrected chi connectivity index (χ0v) is 25.9. The summed E-state index contributed by atoms with van der Waals surface area (Å²) >= 11 is 0. The summed E-state index contributed by atoms with van der Waals surface area (Å²) in [6.45, 7) is 0.0212. The third-order valence-corrected chi connectivity index (χ3v) is 7.81. The van der Waals surface area contributed by atoms with Crippen LogP contribution >= 0.6 is 0 Å². The molecular formula is C28H28BF3KN5O2. The molecule has 0 saturated carbocycles. The van der Waals surface area contributed by atoms with Gasteiger partial charge in [0.15, 0.2) is 0 Å². The van der Waals surface area contributed by atoms with Crippen LogP contribution in [0.4, 0.5) is 23.4 Å². The molecule has 1 aliphatic heterocycles. The number of carbonyl (C=O) groups excluding carboxylic acids is 1. The maximum absolute atomic E-state index is 13.7. The van der Waals surface area contributed by atoms with Crippen molar-refractivity contribution in [3.8, 4) is 11.1 Å². The van der Waals surface area contributed by atoms with Crippen LogP contribution in [0.25, 0.3) is 21.6 Å². The zero-order valence-electron chi connectivity index (χ0n) is 22.8. The fraction of sp³-hybridized carbons (Fsp3) is 0.321. The molecule has 3 aromatic carbocycles. The maximum atomic E-state index is 13.7. The van der Waals surface area contributed by atoms with Gasteiger partial charge in [0, 0.05) is 49.2 Å². The molecule has 3 aromatic rings. The van der Waals surface area contributed by atoms with E-state index < -0.39 is 18.5 Å². The number of fused-ring (bicyclic) bond motifs is 3. The summed E-state index contributed by atoms with van der Waals surface area (Å²) in [7, 11) is 0. The van der Waals surface area contributed by atoms with E-state index in [2.05, 4.69) is 34.3 Å². The number of amides is 1. The Morgan fingerprint density at radius 2 is 1.57 bits per heavy atom. The van der Waals surface area contributed by atoms with Crippen molar-refractivity contribution in [1.29, 1.82) is 0 Å². The van der Waals surface area contributed by atoms with Gasteiger partial charge in [0.05, 0.1) is 0 Å². The van der Waals surface area contributed by atoms with E-state index in [-0.39, 0.29) is 81.7 Å². The van der Waals surface area contributed by atoms with E-state index >= 15 is 0 Å². The van der Waals surface area contributed by atoms with Crippen LogP contribution in [-0.2, 0) is 11.3 Å². The number of hydrogen-bond donors (Lipinski definition) is 0. The Balaban J connectivity index is 0.00000370. The number of azide groups is 1. The average molecular weight is 573 g/mol. The number of ether oxygens (including phenoxy) is 1. The fourth-order valence-corrected chi connectivity index (χ4v) is 5.69. The summed E-state index contributed by atoms with van der Waals surface area (Å²) in [6, 6.07) is 17.5. The van der Waals surface area contributed by atoms with Gasteiger partial charge in [-0.2, -0.15) is 0 Å².